The summed E-state index contributed by atoms with van der Waals surface area (Å²) in [4.78, 5) is 11.2. The van der Waals surface area contributed by atoms with Gasteiger partial charge in [-0.25, -0.2) is 4.79 Å². The van der Waals surface area contributed by atoms with E-state index in [4.69, 9.17) is 35.3 Å². The summed E-state index contributed by atoms with van der Waals surface area (Å²) in [6, 6.07) is 11.7. The summed E-state index contributed by atoms with van der Waals surface area (Å²) in [6.45, 7) is 11.9. The first-order chi connectivity index (χ1) is 18.0. The van der Waals surface area contributed by atoms with Crippen molar-refractivity contribution in [2.24, 2.45) is 0 Å². The number of ether oxygens (including phenoxy) is 5. The standard InChI is InChI=1S/C30H41ClO6/c1-5-8-10-17-34-27-13-11-24(21-26(27)31)15-18-36-28-14-12-25(22-29(28)35-16-9-6-2)23(4)33-19-20-37-30(32)7-3/h7,11-14,21-23H,3,5-6,8-10,15-20H2,1-2,4H3. The molecule has 2 aromatic rings. The van der Waals surface area contributed by atoms with E-state index in [1.165, 1.54) is 0 Å². The second-order valence-electron chi connectivity index (χ2n) is 8.71. The molecule has 1 atom stereocenters. The van der Waals surface area contributed by atoms with Gasteiger partial charge in [0.2, 0.25) is 0 Å². The molecule has 7 heteroatoms. The fourth-order valence-corrected chi connectivity index (χ4v) is 3.75. The third kappa shape index (κ3) is 11.5. The molecule has 2 rings (SSSR count). The molecule has 0 aromatic heterocycles. The highest BCUT2D eigenvalue weighted by Gasteiger charge is 2.13. The van der Waals surface area contributed by atoms with Crippen LogP contribution in [0.5, 0.6) is 17.2 Å². The van der Waals surface area contributed by atoms with Crippen LogP contribution in [0.25, 0.3) is 0 Å². The predicted octanol–water partition coefficient (Wildman–Crippen LogP) is 7.52. The lowest BCUT2D eigenvalue weighted by Crippen LogP contribution is -2.11. The second-order valence-corrected chi connectivity index (χ2v) is 9.12. The smallest absolute Gasteiger partial charge is 0.330 e. The van der Waals surface area contributed by atoms with Crippen molar-refractivity contribution in [1.29, 1.82) is 0 Å². The number of carbonyl (C=O) groups is 1. The fraction of sp³-hybridized carbons (Fsp3) is 0.500. The highest BCUT2D eigenvalue weighted by atomic mass is 35.5. The maximum Gasteiger partial charge on any atom is 0.330 e. The summed E-state index contributed by atoms with van der Waals surface area (Å²) in [6.07, 6.45) is 6.97. The Morgan fingerprint density at radius 3 is 2.30 bits per heavy atom. The molecule has 1 unspecified atom stereocenters. The van der Waals surface area contributed by atoms with E-state index in [0.717, 1.165) is 55.1 Å². The molecule has 37 heavy (non-hydrogen) atoms. The van der Waals surface area contributed by atoms with Gasteiger partial charge < -0.3 is 23.7 Å². The molecule has 0 amide bonds. The van der Waals surface area contributed by atoms with E-state index < -0.39 is 5.97 Å². The molecule has 0 heterocycles. The lowest BCUT2D eigenvalue weighted by Gasteiger charge is -2.18. The Kier molecular flexibility index (Phi) is 14.6. The van der Waals surface area contributed by atoms with E-state index in [0.29, 0.717) is 42.8 Å². The molecule has 6 nitrogen and oxygen atoms in total. The van der Waals surface area contributed by atoms with Crippen molar-refractivity contribution in [3.05, 3.63) is 65.2 Å². The lowest BCUT2D eigenvalue weighted by molar-refractivity contribution is -0.139. The van der Waals surface area contributed by atoms with Crippen LogP contribution in [-0.2, 0) is 20.7 Å². The molecule has 0 saturated carbocycles. The zero-order valence-corrected chi connectivity index (χ0v) is 23.2. The van der Waals surface area contributed by atoms with Crippen LogP contribution in [0.15, 0.2) is 49.1 Å². The van der Waals surface area contributed by atoms with Crippen molar-refractivity contribution in [3.8, 4) is 17.2 Å². The quantitative estimate of drug-likeness (QED) is 0.106. The molecule has 0 bridgehead atoms. The van der Waals surface area contributed by atoms with Gasteiger partial charge in [-0.3, -0.25) is 0 Å². The number of unbranched alkanes of at least 4 members (excludes halogenated alkanes) is 3. The normalized spacial score (nSPS) is 11.6. The van der Waals surface area contributed by atoms with Crippen LogP contribution in [0.4, 0.5) is 0 Å². The van der Waals surface area contributed by atoms with Crippen molar-refractivity contribution in [2.45, 2.75) is 65.4 Å². The molecule has 0 aliphatic carbocycles. The zero-order chi connectivity index (χ0) is 26.9. The van der Waals surface area contributed by atoms with Crippen molar-refractivity contribution < 1.29 is 28.5 Å². The topological polar surface area (TPSA) is 63.2 Å². The Labute approximate surface area is 226 Å². The van der Waals surface area contributed by atoms with Crippen LogP contribution in [0.2, 0.25) is 5.02 Å². The third-order valence-corrected chi connectivity index (χ3v) is 6.00. The minimum atomic E-state index is -0.460. The molecule has 0 spiro atoms. The summed E-state index contributed by atoms with van der Waals surface area (Å²) < 4.78 is 28.7. The second kappa shape index (κ2) is 17.7. The lowest BCUT2D eigenvalue weighted by atomic mass is 10.1. The summed E-state index contributed by atoms with van der Waals surface area (Å²) in [7, 11) is 0. The molecule has 0 N–H and O–H groups in total. The number of hydrogen-bond donors (Lipinski definition) is 0. The monoisotopic (exact) mass is 532 g/mol. The van der Waals surface area contributed by atoms with Gasteiger partial charge in [-0.05, 0) is 55.2 Å². The molecule has 0 aliphatic rings. The van der Waals surface area contributed by atoms with Crippen LogP contribution < -0.4 is 14.2 Å². The van der Waals surface area contributed by atoms with Crippen LogP contribution in [0, 0.1) is 0 Å². The van der Waals surface area contributed by atoms with Crippen LogP contribution in [0.3, 0.4) is 0 Å². The Morgan fingerprint density at radius 2 is 1.57 bits per heavy atom. The number of hydrogen-bond acceptors (Lipinski definition) is 6. The average molecular weight is 533 g/mol. The first-order valence-electron chi connectivity index (χ1n) is 13.2. The summed E-state index contributed by atoms with van der Waals surface area (Å²) in [5, 5.41) is 0.621. The maximum absolute atomic E-state index is 11.2. The Morgan fingerprint density at radius 1 is 0.865 bits per heavy atom. The highest BCUT2D eigenvalue weighted by molar-refractivity contribution is 6.32. The van der Waals surface area contributed by atoms with Gasteiger partial charge >= 0.3 is 5.97 Å². The zero-order valence-electron chi connectivity index (χ0n) is 22.4. The molecule has 0 radical (unpaired) electrons. The average Bonchev–Trinajstić information content (AvgIpc) is 2.90. The minimum absolute atomic E-state index is 0.173. The van der Waals surface area contributed by atoms with Gasteiger partial charge in [0, 0.05) is 12.5 Å². The van der Waals surface area contributed by atoms with Gasteiger partial charge in [0.15, 0.2) is 11.5 Å². The summed E-state index contributed by atoms with van der Waals surface area (Å²) >= 11 is 6.42. The maximum atomic E-state index is 11.2. The van der Waals surface area contributed by atoms with Gasteiger partial charge in [0.25, 0.3) is 0 Å². The van der Waals surface area contributed by atoms with E-state index in [1.54, 1.807) is 0 Å². The molecule has 2 aromatic carbocycles. The van der Waals surface area contributed by atoms with Crippen LogP contribution in [0.1, 0.15) is 70.1 Å². The molecule has 0 aliphatic heterocycles. The van der Waals surface area contributed by atoms with Gasteiger partial charge in [-0.1, -0.05) is 63.4 Å². The number of esters is 1. The largest absolute Gasteiger partial charge is 0.492 e. The SMILES string of the molecule is C=CC(=O)OCCOC(C)c1ccc(OCCc2ccc(OCCCCC)c(Cl)c2)c(OCCCC)c1. The van der Waals surface area contributed by atoms with Crippen molar-refractivity contribution in [2.75, 3.05) is 33.0 Å². The molecule has 204 valence electrons. The van der Waals surface area contributed by atoms with E-state index in [1.807, 2.05) is 43.3 Å². The third-order valence-electron chi connectivity index (χ3n) is 5.70. The summed E-state index contributed by atoms with van der Waals surface area (Å²) in [5.74, 6) is 1.64. The predicted molar refractivity (Wildman–Crippen MR) is 148 cm³/mol. The van der Waals surface area contributed by atoms with E-state index in [9.17, 15) is 4.79 Å². The van der Waals surface area contributed by atoms with Crippen LogP contribution >= 0.6 is 11.6 Å². The van der Waals surface area contributed by atoms with Gasteiger partial charge in [0.05, 0.1) is 37.6 Å². The Bertz CT molecular complexity index is 961. The van der Waals surface area contributed by atoms with Gasteiger partial charge in [-0.15, -0.1) is 0 Å². The summed E-state index contributed by atoms with van der Waals surface area (Å²) in [5.41, 5.74) is 2.03. The first kappa shape index (κ1) is 30.5. The number of benzene rings is 2. The van der Waals surface area contributed by atoms with Crippen LogP contribution in [-0.4, -0.2) is 39.0 Å². The highest BCUT2D eigenvalue weighted by Crippen LogP contribution is 2.32. The molecular weight excluding hydrogens is 492 g/mol. The van der Waals surface area contributed by atoms with Crippen molar-refractivity contribution in [1.82, 2.24) is 0 Å². The number of rotatable bonds is 19. The van der Waals surface area contributed by atoms with E-state index in [-0.39, 0.29) is 19.3 Å². The molecular formula is C30H41ClO6. The Hall–Kier alpha value is -2.70. The molecule has 0 fully saturated rings. The van der Waals surface area contributed by atoms with E-state index >= 15 is 0 Å². The number of halogens is 1. The van der Waals surface area contributed by atoms with Gasteiger partial charge in [0.1, 0.15) is 12.4 Å². The number of carbonyl (C=O) groups excluding carboxylic acids is 1. The minimum Gasteiger partial charge on any atom is -0.492 e. The van der Waals surface area contributed by atoms with Crippen molar-refractivity contribution >= 4 is 17.6 Å². The fourth-order valence-electron chi connectivity index (χ4n) is 3.49. The Balaban J connectivity index is 1.94. The first-order valence-corrected chi connectivity index (χ1v) is 13.6. The van der Waals surface area contributed by atoms with Crippen molar-refractivity contribution in [3.63, 3.8) is 0 Å². The van der Waals surface area contributed by atoms with Gasteiger partial charge in [-0.2, -0.15) is 0 Å². The molecule has 0 saturated heterocycles. The van der Waals surface area contributed by atoms with E-state index in [2.05, 4.69) is 20.4 Å².